The Bertz CT molecular complexity index is 433. The van der Waals surface area contributed by atoms with Crippen LogP contribution in [0, 0.1) is 0 Å². The molecule has 86 valence electrons. The molecule has 2 heteroatoms. The standard InChI is InChI=1S/C14H18O2/c1-5-11-6-10(8-15)7-12-13(11)16-9(2)14(12,3)4/h6-9H,5H2,1-4H3. The monoisotopic (exact) mass is 218 g/mol. The highest BCUT2D eigenvalue weighted by Crippen LogP contribution is 2.45. The molecule has 0 bridgehead atoms. The third-order valence-electron chi connectivity index (χ3n) is 3.71. The topological polar surface area (TPSA) is 26.3 Å². The van der Waals surface area contributed by atoms with Gasteiger partial charge in [0.1, 0.15) is 18.1 Å². The van der Waals surface area contributed by atoms with Gasteiger partial charge in [-0.25, -0.2) is 0 Å². The number of fused-ring (bicyclic) bond motifs is 1. The molecular weight excluding hydrogens is 200 g/mol. The summed E-state index contributed by atoms with van der Waals surface area (Å²) in [5, 5.41) is 0. The maximum Gasteiger partial charge on any atom is 0.150 e. The molecule has 0 fully saturated rings. The van der Waals surface area contributed by atoms with Crippen molar-refractivity contribution in [2.75, 3.05) is 0 Å². The van der Waals surface area contributed by atoms with Gasteiger partial charge < -0.3 is 4.74 Å². The molecule has 1 aliphatic heterocycles. The van der Waals surface area contributed by atoms with Crippen LogP contribution < -0.4 is 4.74 Å². The van der Waals surface area contributed by atoms with Gasteiger partial charge in [0.05, 0.1) is 0 Å². The minimum absolute atomic E-state index is 0.0156. The lowest BCUT2D eigenvalue weighted by atomic mass is 9.80. The fourth-order valence-electron chi connectivity index (χ4n) is 2.21. The zero-order valence-electron chi connectivity index (χ0n) is 10.3. The van der Waals surface area contributed by atoms with Crippen LogP contribution in [-0.2, 0) is 11.8 Å². The minimum Gasteiger partial charge on any atom is -0.489 e. The summed E-state index contributed by atoms with van der Waals surface area (Å²) in [6.45, 7) is 8.50. The molecule has 0 aliphatic carbocycles. The van der Waals surface area contributed by atoms with Crippen molar-refractivity contribution in [2.45, 2.75) is 45.6 Å². The number of rotatable bonds is 2. The van der Waals surface area contributed by atoms with E-state index in [9.17, 15) is 4.79 Å². The number of carbonyl (C=O) groups is 1. The third kappa shape index (κ3) is 1.44. The van der Waals surface area contributed by atoms with Gasteiger partial charge in [0.15, 0.2) is 0 Å². The van der Waals surface area contributed by atoms with Gasteiger partial charge in [-0.15, -0.1) is 0 Å². The van der Waals surface area contributed by atoms with E-state index >= 15 is 0 Å². The number of hydrogen-bond donors (Lipinski definition) is 0. The van der Waals surface area contributed by atoms with Gasteiger partial charge in [-0.2, -0.15) is 0 Å². The van der Waals surface area contributed by atoms with Crippen LogP contribution in [0.5, 0.6) is 5.75 Å². The summed E-state index contributed by atoms with van der Waals surface area (Å²) >= 11 is 0. The Hall–Kier alpha value is -1.31. The summed E-state index contributed by atoms with van der Waals surface area (Å²) in [6, 6.07) is 3.89. The molecule has 1 atom stereocenters. The Balaban J connectivity index is 2.65. The number of ether oxygens (including phenoxy) is 1. The zero-order valence-corrected chi connectivity index (χ0v) is 10.3. The Morgan fingerprint density at radius 2 is 2.12 bits per heavy atom. The van der Waals surface area contributed by atoms with E-state index in [1.54, 1.807) is 0 Å². The molecule has 0 saturated carbocycles. The van der Waals surface area contributed by atoms with Crippen LogP contribution in [0.3, 0.4) is 0 Å². The van der Waals surface area contributed by atoms with Gasteiger partial charge >= 0.3 is 0 Å². The smallest absolute Gasteiger partial charge is 0.150 e. The molecule has 1 unspecified atom stereocenters. The van der Waals surface area contributed by atoms with Gasteiger partial charge in [-0.05, 0) is 31.0 Å². The van der Waals surface area contributed by atoms with Crippen LogP contribution in [0.2, 0.25) is 0 Å². The SMILES string of the molecule is CCc1cc(C=O)cc2c1OC(C)C2(C)C. The van der Waals surface area contributed by atoms with Crippen molar-refractivity contribution in [3.63, 3.8) is 0 Å². The fourth-order valence-corrected chi connectivity index (χ4v) is 2.21. The lowest BCUT2D eigenvalue weighted by Crippen LogP contribution is -2.28. The molecule has 2 nitrogen and oxygen atoms in total. The summed E-state index contributed by atoms with van der Waals surface area (Å²) in [5.74, 6) is 0.991. The van der Waals surface area contributed by atoms with Gasteiger partial charge in [0.25, 0.3) is 0 Å². The molecule has 1 aliphatic rings. The third-order valence-corrected chi connectivity index (χ3v) is 3.71. The van der Waals surface area contributed by atoms with Gasteiger partial charge in [0, 0.05) is 16.5 Å². The van der Waals surface area contributed by atoms with Crippen molar-refractivity contribution in [1.82, 2.24) is 0 Å². The molecular formula is C14H18O2. The highest BCUT2D eigenvalue weighted by molar-refractivity contribution is 5.77. The second-order valence-electron chi connectivity index (χ2n) is 5.01. The molecule has 0 saturated heterocycles. The minimum atomic E-state index is -0.0156. The summed E-state index contributed by atoms with van der Waals surface area (Å²) in [4.78, 5) is 10.9. The fraction of sp³-hybridized carbons (Fsp3) is 0.500. The number of aldehydes is 1. The van der Waals surface area contributed by atoms with E-state index in [-0.39, 0.29) is 11.5 Å². The maximum absolute atomic E-state index is 10.9. The second-order valence-corrected chi connectivity index (χ2v) is 5.01. The van der Waals surface area contributed by atoms with E-state index < -0.39 is 0 Å². The lowest BCUT2D eigenvalue weighted by molar-refractivity contribution is 0.112. The quantitative estimate of drug-likeness (QED) is 0.713. The Morgan fingerprint density at radius 1 is 1.44 bits per heavy atom. The first-order chi connectivity index (χ1) is 7.50. The van der Waals surface area contributed by atoms with Crippen molar-refractivity contribution in [2.24, 2.45) is 0 Å². The summed E-state index contributed by atoms with van der Waals surface area (Å²) in [6.07, 6.45) is 1.97. The van der Waals surface area contributed by atoms with Gasteiger partial charge in [-0.1, -0.05) is 20.8 Å². The van der Waals surface area contributed by atoms with E-state index in [2.05, 4.69) is 27.7 Å². The Kier molecular flexibility index (Phi) is 2.53. The average Bonchev–Trinajstić information content (AvgIpc) is 2.50. The van der Waals surface area contributed by atoms with E-state index in [0.717, 1.165) is 29.6 Å². The van der Waals surface area contributed by atoms with Crippen LogP contribution in [0.4, 0.5) is 0 Å². The Morgan fingerprint density at radius 3 is 2.69 bits per heavy atom. The highest BCUT2D eigenvalue weighted by atomic mass is 16.5. The molecule has 1 heterocycles. The molecule has 0 aromatic heterocycles. The summed E-state index contributed by atoms with van der Waals surface area (Å²) in [7, 11) is 0. The number of hydrogen-bond acceptors (Lipinski definition) is 2. The van der Waals surface area contributed by atoms with Crippen LogP contribution in [0.15, 0.2) is 12.1 Å². The van der Waals surface area contributed by atoms with Gasteiger partial charge in [0.2, 0.25) is 0 Å². The first kappa shape index (κ1) is 11.2. The second kappa shape index (κ2) is 3.62. The first-order valence-corrected chi connectivity index (χ1v) is 5.80. The molecule has 0 N–H and O–H groups in total. The van der Waals surface area contributed by atoms with Crippen molar-refractivity contribution in [1.29, 1.82) is 0 Å². The highest BCUT2D eigenvalue weighted by Gasteiger charge is 2.39. The number of aryl methyl sites for hydroxylation is 1. The van der Waals surface area contributed by atoms with Crippen LogP contribution in [0.25, 0.3) is 0 Å². The lowest BCUT2D eigenvalue weighted by Gasteiger charge is -2.22. The Labute approximate surface area is 96.6 Å². The number of carbonyl (C=O) groups excluding carboxylic acids is 1. The van der Waals surface area contributed by atoms with Crippen molar-refractivity contribution < 1.29 is 9.53 Å². The molecule has 0 spiro atoms. The first-order valence-electron chi connectivity index (χ1n) is 5.80. The average molecular weight is 218 g/mol. The zero-order chi connectivity index (χ0) is 11.9. The maximum atomic E-state index is 10.9. The van der Waals surface area contributed by atoms with Crippen molar-refractivity contribution in [3.05, 3.63) is 28.8 Å². The van der Waals surface area contributed by atoms with E-state index in [1.807, 2.05) is 12.1 Å². The molecule has 0 amide bonds. The largest absolute Gasteiger partial charge is 0.489 e. The number of benzene rings is 1. The van der Waals surface area contributed by atoms with Crippen LogP contribution in [-0.4, -0.2) is 12.4 Å². The predicted molar refractivity (Wildman–Crippen MR) is 64.3 cm³/mol. The van der Waals surface area contributed by atoms with E-state index in [0.29, 0.717) is 0 Å². The predicted octanol–water partition coefficient (Wildman–Crippen LogP) is 3.12. The summed E-state index contributed by atoms with van der Waals surface area (Å²) in [5.41, 5.74) is 3.04. The van der Waals surface area contributed by atoms with Crippen molar-refractivity contribution >= 4 is 6.29 Å². The van der Waals surface area contributed by atoms with E-state index in [1.165, 1.54) is 5.56 Å². The van der Waals surface area contributed by atoms with Crippen LogP contribution in [0.1, 0.15) is 49.2 Å². The molecule has 16 heavy (non-hydrogen) atoms. The molecule has 1 aromatic carbocycles. The van der Waals surface area contributed by atoms with E-state index in [4.69, 9.17) is 4.74 Å². The molecule has 0 radical (unpaired) electrons. The van der Waals surface area contributed by atoms with Crippen molar-refractivity contribution in [3.8, 4) is 5.75 Å². The summed E-state index contributed by atoms with van der Waals surface area (Å²) < 4.78 is 5.93. The van der Waals surface area contributed by atoms with Gasteiger partial charge in [-0.3, -0.25) is 4.79 Å². The molecule has 2 rings (SSSR count). The normalized spacial score (nSPS) is 21.4. The molecule has 1 aromatic rings. The van der Waals surface area contributed by atoms with Crippen LogP contribution >= 0.6 is 0 Å².